The Balaban J connectivity index is 1.74. The zero-order valence-corrected chi connectivity index (χ0v) is 14.5. The fourth-order valence-electron chi connectivity index (χ4n) is 2.26. The summed E-state index contributed by atoms with van der Waals surface area (Å²) in [5.74, 6) is -2.83. The van der Waals surface area contributed by atoms with Gasteiger partial charge in [-0.1, -0.05) is 6.07 Å². The molecular formula is C19H16F5NO3. The lowest BCUT2D eigenvalue weighted by Crippen LogP contribution is -2.13. The Labute approximate surface area is 157 Å². The van der Waals surface area contributed by atoms with Gasteiger partial charge in [-0.15, -0.1) is 0 Å². The summed E-state index contributed by atoms with van der Waals surface area (Å²) in [7, 11) is 0. The van der Waals surface area contributed by atoms with Crippen LogP contribution in [0.2, 0.25) is 0 Å². The summed E-state index contributed by atoms with van der Waals surface area (Å²) in [6, 6.07) is 7.04. The number of esters is 1. The Morgan fingerprint density at radius 2 is 1.75 bits per heavy atom. The Bertz CT molecular complexity index is 852. The van der Waals surface area contributed by atoms with Crippen molar-refractivity contribution >= 4 is 17.6 Å². The molecular weight excluding hydrogens is 385 g/mol. The average Bonchev–Trinajstić information content (AvgIpc) is 2.60. The maximum absolute atomic E-state index is 13.4. The van der Waals surface area contributed by atoms with Crippen molar-refractivity contribution in [3.8, 4) is 0 Å². The number of alkyl halides is 3. The molecule has 1 N–H and O–H groups in total. The van der Waals surface area contributed by atoms with Gasteiger partial charge in [0.2, 0.25) is 5.91 Å². The van der Waals surface area contributed by atoms with Gasteiger partial charge in [-0.2, -0.15) is 13.2 Å². The first-order valence-electron chi connectivity index (χ1n) is 8.22. The lowest BCUT2D eigenvalue weighted by molar-refractivity contribution is -0.145. The van der Waals surface area contributed by atoms with E-state index in [9.17, 15) is 31.5 Å². The van der Waals surface area contributed by atoms with E-state index in [-0.39, 0.29) is 37.1 Å². The zero-order chi connectivity index (χ0) is 20.7. The van der Waals surface area contributed by atoms with Crippen molar-refractivity contribution in [1.82, 2.24) is 0 Å². The summed E-state index contributed by atoms with van der Waals surface area (Å²) in [4.78, 5) is 23.4. The monoisotopic (exact) mass is 401 g/mol. The normalized spacial score (nSPS) is 11.2. The Kier molecular flexibility index (Phi) is 7.08. The molecule has 0 saturated carbocycles. The Morgan fingerprint density at radius 1 is 1.00 bits per heavy atom. The molecule has 0 aliphatic heterocycles. The summed E-state index contributed by atoms with van der Waals surface area (Å²) < 4.78 is 68.9. The third-order valence-electron chi connectivity index (χ3n) is 3.66. The van der Waals surface area contributed by atoms with Crippen molar-refractivity contribution in [3.63, 3.8) is 0 Å². The maximum Gasteiger partial charge on any atom is 0.416 e. The molecule has 0 fully saturated rings. The van der Waals surface area contributed by atoms with Gasteiger partial charge in [0, 0.05) is 30.2 Å². The largest absolute Gasteiger partial charge is 0.461 e. The zero-order valence-electron chi connectivity index (χ0n) is 14.5. The maximum atomic E-state index is 13.4. The number of hydrogen-bond donors (Lipinski definition) is 1. The van der Waals surface area contributed by atoms with E-state index in [1.165, 1.54) is 12.1 Å². The van der Waals surface area contributed by atoms with Crippen molar-refractivity contribution < 1.29 is 36.3 Å². The van der Waals surface area contributed by atoms with Crippen LogP contribution >= 0.6 is 0 Å². The number of halogens is 5. The van der Waals surface area contributed by atoms with E-state index >= 15 is 0 Å². The minimum Gasteiger partial charge on any atom is -0.461 e. The number of ether oxygens (including phenoxy) is 1. The van der Waals surface area contributed by atoms with E-state index in [1.807, 2.05) is 0 Å². The first kappa shape index (κ1) is 21.3. The number of hydrogen-bond acceptors (Lipinski definition) is 3. The number of anilines is 1. The molecule has 2 aromatic carbocycles. The van der Waals surface area contributed by atoms with E-state index in [4.69, 9.17) is 4.74 Å². The minimum atomic E-state index is -4.52. The molecule has 0 unspecified atom stereocenters. The molecule has 0 heterocycles. The fraction of sp³-hybridized carbons (Fsp3) is 0.263. The number of amides is 1. The summed E-state index contributed by atoms with van der Waals surface area (Å²) in [6.45, 7) is -0.374. The molecule has 28 heavy (non-hydrogen) atoms. The molecule has 0 atom stereocenters. The number of benzene rings is 2. The Hall–Kier alpha value is -2.97. The smallest absolute Gasteiger partial charge is 0.416 e. The van der Waals surface area contributed by atoms with E-state index in [1.54, 1.807) is 0 Å². The molecule has 2 rings (SSSR count). The van der Waals surface area contributed by atoms with Crippen molar-refractivity contribution in [2.45, 2.75) is 32.0 Å². The SMILES string of the molecule is O=C(CCCC(=O)OCc1ccc(F)cc1F)Nc1cccc(C(F)(F)F)c1. The van der Waals surface area contributed by atoms with Gasteiger partial charge in [-0.3, -0.25) is 9.59 Å². The van der Waals surface area contributed by atoms with E-state index in [2.05, 4.69) is 5.32 Å². The van der Waals surface area contributed by atoms with E-state index < -0.39 is 35.3 Å². The van der Waals surface area contributed by atoms with Crippen LogP contribution in [0, 0.1) is 11.6 Å². The molecule has 0 aromatic heterocycles. The van der Waals surface area contributed by atoms with Gasteiger partial charge in [0.25, 0.3) is 0 Å². The second-order valence-corrected chi connectivity index (χ2v) is 5.88. The predicted molar refractivity (Wildman–Crippen MR) is 90.1 cm³/mol. The topological polar surface area (TPSA) is 55.4 Å². The molecule has 150 valence electrons. The van der Waals surface area contributed by atoms with Gasteiger partial charge in [0.15, 0.2) is 0 Å². The molecule has 0 radical (unpaired) electrons. The molecule has 4 nitrogen and oxygen atoms in total. The molecule has 0 aliphatic rings. The standard InChI is InChI=1S/C19H16F5NO3/c20-14-8-7-12(16(21)10-14)11-28-18(27)6-2-5-17(26)25-15-4-1-3-13(9-15)19(22,23)24/h1,3-4,7-10H,2,5-6,11H2,(H,25,26). The highest BCUT2D eigenvalue weighted by Crippen LogP contribution is 2.30. The molecule has 1 amide bonds. The number of carbonyl (C=O) groups is 2. The van der Waals surface area contributed by atoms with Gasteiger partial charge < -0.3 is 10.1 Å². The van der Waals surface area contributed by atoms with Crippen molar-refractivity contribution in [3.05, 3.63) is 65.2 Å². The van der Waals surface area contributed by atoms with Crippen molar-refractivity contribution in [1.29, 1.82) is 0 Å². The van der Waals surface area contributed by atoms with Crippen molar-refractivity contribution in [2.75, 3.05) is 5.32 Å². The average molecular weight is 401 g/mol. The lowest BCUT2D eigenvalue weighted by atomic mass is 10.2. The van der Waals surface area contributed by atoms with Crippen LogP contribution in [0.5, 0.6) is 0 Å². The number of rotatable bonds is 7. The molecule has 0 aliphatic carbocycles. The quantitative estimate of drug-likeness (QED) is 0.534. The predicted octanol–water partition coefficient (Wildman–Crippen LogP) is 4.84. The number of nitrogens with one attached hydrogen (secondary N) is 1. The number of carbonyl (C=O) groups excluding carboxylic acids is 2. The van der Waals surface area contributed by atoms with Crippen LogP contribution in [-0.4, -0.2) is 11.9 Å². The molecule has 0 saturated heterocycles. The van der Waals surface area contributed by atoms with Crippen LogP contribution < -0.4 is 5.32 Å². The van der Waals surface area contributed by atoms with Gasteiger partial charge in [-0.05, 0) is 36.8 Å². The highest BCUT2D eigenvalue weighted by Gasteiger charge is 2.30. The van der Waals surface area contributed by atoms with Crippen LogP contribution in [0.1, 0.15) is 30.4 Å². The first-order chi connectivity index (χ1) is 13.1. The summed E-state index contributed by atoms with van der Waals surface area (Å²) >= 11 is 0. The highest BCUT2D eigenvalue weighted by molar-refractivity contribution is 5.91. The van der Waals surface area contributed by atoms with Crippen molar-refractivity contribution in [2.24, 2.45) is 0 Å². The lowest BCUT2D eigenvalue weighted by Gasteiger charge is -2.10. The summed E-state index contributed by atoms with van der Waals surface area (Å²) in [6.07, 6.45) is -4.68. The first-order valence-corrected chi connectivity index (χ1v) is 8.22. The second-order valence-electron chi connectivity index (χ2n) is 5.88. The molecule has 9 heteroatoms. The third-order valence-corrected chi connectivity index (χ3v) is 3.66. The Morgan fingerprint density at radius 3 is 2.43 bits per heavy atom. The van der Waals surface area contributed by atoms with Crippen LogP contribution in [0.4, 0.5) is 27.6 Å². The summed E-state index contributed by atoms with van der Waals surface area (Å²) in [5, 5.41) is 2.32. The molecule has 0 bridgehead atoms. The van der Waals surface area contributed by atoms with Gasteiger partial charge >= 0.3 is 12.1 Å². The van der Waals surface area contributed by atoms with Crippen LogP contribution in [0.3, 0.4) is 0 Å². The van der Waals surface area contributed by atoms with Crippen LogP contribution in [-0.2, 0) is 27.1 Å². The van der Waals surface area contributed by atoms with Gasteiger partial charge in [0.1, 0.15) is 18.2 Å². The molecule has 2 aromatic rings. The second kappa shape index (κ2) is 9.29. The fourth-order valence-corrected chi connectivity index (χ4v) is 2.26. The van der Waals surface area contributed by atoms with E-state index in [0.717, 1.165) is 24.3 Å². The minimum absolute atomic E-state index is 0.00538. The van der Waals surface area contributed by atoms with E-state index in [0.29, 0.717) is 6.07 Å². The highest BCUT2D eigenvalue weighted by atomic mass is 19.4. The molecule has 0 spiro atoms. The van der Waals surface area contributed by atoms with Crippen LogP contribution in [0.25, 0.3) is 0 Å². The summed E-state index contributed by atoms with van der Waals surface area (Å²) in [5.41, 5.74) is -0.881. The van der Waals surface area contributed by atoms with Gasteiger partial charge in [-0.25, -0.2) is 8.78 Å². The third kappa shape index (κ3) is 6.64. The van der Waals surface area contributed by atoms with Crippen LogP contribution in [0.15, 0.2) is 42.5 Å². The van der Waals surface area contributed by atoms with Gasteiger partial charge in [0.05, 0.1) is 5.56 Å².